The van der Waals surface area contributed by atoms with Crippen molar-refractivity contribution < 1.29 is 18.3 Å². The second-order valence-corrected chi connectivity index (χ2v) is 3.78. The van der Waals surface area contributed by atoms with E-state index in [1.54, 1.807) is 18.2 Å². The molecule has 2 rings (SSSR count). The van der Waals surface area contributed by atoms with Gasteiger partial charge in [-0.1, -0.05) is 12.1 Å². The lowest BCUT2D eigenvalue weighted by atomic mass is 10.2. The average Bonchev–Trinajstić information content (AvgIpc) is 2.46. The summed E-state index contributed by atoms with van der Waals surface area (Å²) in [4.78, 5) is 0. The molecule has 0 bridgehead atoms. The zero-order valence-corrected chi connectivity index (χ0v) is 10.9. The van der Waals surface area contributed by atoms with E-state index < -0.39 is 17.3 Å². The van der Waals surface area contributed by atoms with Crippen LogP contribution in [0.2, 0.25) is 0 Å². The van der Waals surface area contributed by atoms with Gasteiger partial charge in [0, 0.05) is 0 Å². The highest BCUT2D eigenvalue weighted by atomic mass is 19.1. The van der Waals surface area contributed by atoms with Crippen LogP contribution in [-0.2, 0) is 0 Å². The molecule has 4 nitrogen and oxygen atoms in total. The molecule has 20 heavy (non-hydrogen) atoms. The molecule has 2 aromatic rings. The summed E-state index contributed by atoms with van der Waals surface area (Å²) in [7, 11) is 2.91. The Labute approximate surface area is 114 Å². The third-order valence-electron chi connectivity index (χ3n) is 2.59. The van der Waals surface area contributed by atoms with Crippen LogP contribution in [0, 0.1) is 11.6 Å². The maximum Gasteiger partial charge on any atom is 0.169 e. The van der Waals surface area contributed by atoms with Crippen molar-refractivity contribution in [3.05, 3.63) is 48.0 Å². The van der Waals surface area contributed by atoms with Crippen LogP contribution >= 0.6 is 0 Å². The molecule has 0 amide bonds. The molecule has 104 valence electrons. The molecule has 0 saturated heterocycles. The van der Waals surface area contributed by atoms with Crippen molar-refractivity contribution in [2.75, 3.05) is 14.2 Å². The van der Waals surface area contributed by atoms with Gasteiger partial charge < -0.3 is 9.47 Å². The number of benzene rings is 2. The van der Waals surface area contributed by atoms with Gasteiger partial charge in [-0.15, -0.1) is 10.2 Å². The first kappa shape index (κ1) is 13.9. The van der Waals surface area contributed by atoms with E-state index in [0.29, 0.717) is 11.5 Å². The van der Waals surface area contributed by atoms with Crippen molar-refractivity contribution in [1.82, 2.24) is 0 Å². The quantitative estimate of drug-likeness (QED) is 0.778. The lowest BCUT2D eigenvalue weighted by molar-refractivity contribution is 0.396. The fourth-order valence-corrected chi connectivity index (χ4v) is 1.61. The number of hydrogen-bond acceptors (Lipinski definition) is 4. The Balaban J connectivity index is 2.46. The van der Waals surface area contributed by atoms with Crippen LogP contribution in [0.5, 0.6) is 11.5 Å². The molecule has 0 unspecified atom stereocenters. The minimum absolute atomic E-state index is 0.264. The number of hydrogen-bond donors (Lipinski definition) is 0. The summed E-state index contributed by atoms with van der Waals surface area (Å²) in [5, 5.41) is 7.44. The van der Waals surface area contributed by atoms with Crippen molar-refractivity contribution in [3.8, 4) is 11.5 Å². The first-order valence-electron chi connectivity index (χ1n) is 5.74. The Morgan fingerprint density at radius 2 is 1.20 bits per heavy atom. The Bertz CT molecular complexity index is 603. The first-order valence-corrected chi connectivity index (χ1v) is 5.74. The Morgan fingerprint density at radius 3 is 1.70 bits per heavy atom. The molecule has 0 aliphatic heterocycles. The maximum atomic E-state index is 13.5. The summed E-state index contributed by atoms with van der Waals surface area (Å²) in [6, 6.07) is 8.48. The van der Waals surface area contributed by atoms with Crippen molar-refractivity contribution in [2.45, 2.75) is 0 Å². The summed E-state index contributed by atoms with van der Waals surface area (Å²) >= 11 is 0. The van der Waals surface area contributed by atoms with Crippen LogP contribution in [0.3, 0.4) is 0 Å². The molecule has 0 atom stereocenters. The van der Waals surface area contributed by atoms with Gasteiger partial charge >= 0.3 is 0 Å². The van der Waals surface area contributed by atoms with Gasteiger partial charge in [0.2, 0.25) is 0 Å². The van der Waals surface area contributed by atoms with Crippen LogP contribution in [0.4, 0.5) is 20.2 Å². The SMILES string of the molecule is COc1cccc(OC)c1N=Nc1c(F)cccc1F. The summed E-state index contributed by atoms with van der Waals surface area (Å²) in [5.74, 6) is -0.792. The number of nitrogens with zero attached hydrogens (tertiary/aromatic N) is 2. The van der Waals surface area contributed by atoms with Gasteiger partial charge in [0.1, 0.15) is 11.5 Å². The molecular weight excluding hydrogens is 266 g/mol. The largest absolute Gasteiger partial charge is 0.494 e. The Morgan fingerprint density at radius 1 is 0.750 bits per heavy atom. The van der Waals surface area contributed by atoms with Crippen molar-refractivity contribution >= 4 is 11.4 Å². The van der Waals surface area contributed by atoms with E-state index in [0.717, 1.165) is 12.1 Å². The van der Waals surface area contributed by atoms with E-state index in [4.69, 9.17) is 9.47 Å². The van der Waals surface area contributed by atoms with Gasteiger partial charge in [0.05, 0.1) is 14.2 Å². The zero-order chi connectivity index (χ0) is 14.5. The van der Waals surface area contributed by atoms with Crippen molar-refractivity contribution in [2.24, 2.45) is 10.2 Å². The summed E-state index contributed by atoms with van der Waals surface area (Å²) in [6.45, 7) is 0. The number of ether oxygens (including phenoxy) is 2. The normalized spacial score (nSPS) is 10.8. The number of rotatable bonds is 4. The Hall–Kier alpha value is -2.50. The number of azo groups is 1. The van der Waals surface area contributed by atoms with Crippen LogP contribution in [0.1, 0.15) is 0 Å². The van der Waals surface area contributed by atoms with E-state index in [2.05, 4.69) is 10.2 Å². The van der Waals surface area contributed by atoms with Gasteiger partial charge in [0.15, 0.2) is 23.0 Å². The van der Waals surface area contributed by atoms with Crippen molar-refractivity contribution in [1.29, 1.82) is 0 Å². The van der Waals surface area contributed by atoms with Crippen molar-refractivity contribution in [3.63, 3.8) is 0 Å². The molecule has 0 heterocycles. The first-order chi connectivity index (χ1) is 9.67. The van der Waals surface area contributed by atoms with E-state index >= 15 is 0 Å². The number of halogens is 2. The smallest absolute Gasteiger partial charge is 0.169 e. The number of methoxy groups -OCH3 is 2. The molecule has 0 radical (unpaired) electrons. The third kappa shape index (κ3) is 2.74. The van der Waals surface area contributed by atoms with E-state index in [1.165, 1.54) is 20.3 Å². The molecule has 6 heteroatoms. The highest BCUT2D eigenvalue weighted by molar-refractivity contribution is 5.62. The summed E-state index contributed by atoms with van der Waals surface area (Å²) < 4.78 is 37.2. The van der Waals surface area contributed by atoms with E-state index in [9.17, 15) is 8.78 Å². The fraction of sp³-hybridized carbons (Fsp3) is 0.143. The topological polar surface area (TPSA) is 43.2 Å². The molecule has 0 aliphatic carbocycles. The molecule has 0 fully saturated rings. The third-order valence-corrected chi connectivity index (χ3v) is 2.59. The predicted octanol–water partition coefficient (Wildman–Crippen LogP) is 4.40. The maximum absolute atomic E-state index is 13.5. The van der Waals surface area contributed by atoms with Crippen LogP contribution in [-0.4, -0.2) is 14.2 Å². The monoisotopic (exact) mass is 278 g/mol. The second kappa shape index (κ2) is 6.10. The van der Waals surface area contributed by atoms with Gasteiger partial charge in [-0.2, -0.15) is 0 Å². The van der Waals surface area contributed by atoms with Gasteiger partial charge in [-0.25, -0.2) is 8.78 Å². The highest BCUT2D eigenvalue weighted by Gasteiger charge is 2.11. The second-order valence-electron chi connectivity index (χ2n) is 3.78. The molecular formula is C14H12F2N2O2. The van der Waals surface area contributed by atoms with E-state index in [-0.39, 0.29) is 5.69 Å². The van der Waals surface area contributed by atoms with Gasteiger partial charge in [-0.05, 0) is 24.3 Å². The molecule has 0 aliphatic rings. The van der Waals surface area contributed by atoms with E-state index in [1.807, 2.05) is 0 Å². The minimum Gasteiger partial charge on any atom is -0.494 e. The molecule has 0 aromatic heterocycles. The van der Waals surface area contributed by atoms with Crippen LogP contribution in [0.25, 0.3) is 0 Å². The fourth-order valence-electron chi connectivity index (χ4n) is 1.61. The highest BCUT2D eigenvalue weighted by Crippen LogP contribution is 2.38. The molecule has 0 saturated carbocycles. The molecule has 2 aromatic carbocycles. The van der Waals surface area contributed by atoms with Crippen LogP contribution < -0.4 is 9.47 Å². The van der Waals surface area contributed by atoms with Crippen LogP contribution in [0.15, 0.2) is 46.6 Å². The molecule has 0 spiro atoms. The minimum atomic E-state index is -0.789. The zero-order valence-electron chi connectivity index (χ0n) is 10.9. The summed E-state index contributed by atoms with van der Waals surface area (Å²) in [6.07, 6.45) is 0. The van der Waals surface area contributed by atoms with Gasteiger partial charge in [-0.3, -0.25) is 0 Å². The average molecular weight is 278 g/mol. The molecule has 0 N–H and O–H groups in total. The van der Waals surface area contributed by atoms with Gasteiger partial charge in [0.25, 0.3) is 0 Å². The lowest BCUT2D eigenvalue weighted by Gasteiger charge is -2.07. The lowest BCUT2D eigenvalue weighted by Crippen LogP contribution is -1.88. The Kier molecular flexibility index (Phi) is 4.24. The summed E-state index contributed by atoms with van der Waals surface area (Å²) in [5.41, 5.74) is -0.194. The standard InChI is InChI=1S/C14H12F2N2O2/c1-19-11-7-4-8-12(20-2)14(11)18-17-13-9(15)5-3-6-10(13)16/h3-8H,1-2H3. The predicted molar refractivity (Wildman–Crippen MR) is 70.1 cm³/mol.